The molecule has 2 heterocycles. The third kappa shape index (κ3) is 2.45. The Hall–Kier alpha value is -0.610. The first-order valence-electron chi connectivity index (χ1n) is 5.38. The summed E-state index contributed by atoms with van der Waals surface area (Å²) in [7, 11) is 0. The van der Waals surface area contributed by atoms with Gasteiger partial charge in [-0.1, -0.05) is 5.16 Å². The first-order chi connectivity index (χ1) is 6.88. The molecule has 0 aromatic carbocycles. The smallest absolute Gasteiger partial charge is 0.0596 e. The van der Waals surface area contributed by atoms with Crippen LogP contribution in [0.5, 0.6) is 0 Å². The van der Waals surface area contributed by atoms with Crippen LogP contribution in [0.2, 0.25) is 0 Å². The maximum Gasteiger partial charge on any atom is 0.0596 e. The van der Waals surface area contributed by atoms with Crippen molar-refractivity contribution in [3.8, 4) is 0 Å². The first kappa shape index (κ1) is 9.93. The normalized spacial score (nSPS) is 29.4. The van der Waals surface area contributed by atoms with Crippen molar-refractivity contribution >= 4 is 5.71 Å². The van der Waals surface area contributed by atoms with Crippen molar-refractivity contribution in [2.45, 2.75) is 19.3 Å². The van der Waals surface area contributed by atoms with Gasteiger partial charge in [-0.15, -0.1) is 0 Å². The Balaban J connectivity index is 1.72. The molecular formula is C10H18N2O2. The Labute approximate surface area is 84.5 Å². The lowest BCUT2D eigenvalue weighted by Gasteiger charge is -2.28. The minimum absolute atomic E-state index is 0.725. The van der Waals surface area contributed by atoms with Crippen LogP contribution in [0, 0.1) is 5.92 Å². The molecule has 2 aliphatic heterocycles. The molecule has 1 N–H and O–H groups in total. The topological polar surface area (TPSA) is 45.1 Å². The van der Waals surface area contributed by atoms with Crippen LogP contribution in [0.15, 0.2) is 5.16 Å². The standard InChI is InChI=1S/C10H18N2O2/c13-11-10-1-4-12(5-2-10)7-9-3-6-14-8-9/h9,13H,1-8H2. The number of likely N-dealkylation sites (tertiary alicyclic amines) is 1. The van der Waals surface area contributed by atoms with Crippen molar-refractivity contribution in [1.82, 2.24) is 4.90 Å². The molecule has 0 radical (unpaired) electrons. The fourth-order valence-corrected chi connectivity index (χ4v) is 2.19. The molecule has 2 saturated heterocycles. The predicted octanol–water partition coefficient (Wildman–Crippen LogP) is 0.949. The van der Waals surface area contributed by atoms with Gasteiger partial charge in [0, 0.05) is 39.1 Å². The molecule has 1 unspecified atom stereocenters. The summed E-state index contributed by atoms with van der Waals surface area (Å²) in [6.07, 6.45) is 3.05. The van der Waals surface area contributed by atoms with Crippen molar-refractivity contribution < 1.29 is 9.94 Å². The monoisotopic (exact) mass is 198 g/mol. The van der Waals surface area contributed by atoms with E-state index in [1.54, 1.807) is 0 Å². The molecular weight excluding hydrogens is 180 g/mol. The minimum Gasteiger partial charge on any atom is -0.411 e. The Bertz CT molecular complexity index is 202. The number of rotatable bonds is 2. The van der Waals surface area contributed by atoms with E-state index in [2.05, 4.69) is 10.1 Å². The van der Waals surface area contributed by atoms with Gasteiger partial charge in [0.15, 0.2) is 0 Å². The quantitative estimate of drug-likeness (QED) is 0.530. The van der Waals surface area contributed by atoms with E-state index in [1.165, 1.54) is 6.42 Å². The molecule has 80 valence electrons. The molecule has 4 heteroatoms. The highest BCUT2D eigenvalue weighted by atomic mass is 16.5. The van der Waals surface area contributed by atoms with Crippen LogP contribution in [0.1, 0.15) is 19.3 Å². The van der Waals surface area contributed by atoms with Crippen molar-refractivity contribution in [1.29, 1.82) is 0 Å². The van der Waals surface area contributed by atoms with Gasteiger partial charge in [0.25, 0.3) is 0 Å². The lowest BCUT2D eigenvalue weighted by molar-refractivity contribution is 0.166. The first-order valence-corrected chi connectivity index (χ1v) is 5.38. The zero-order valence-electron chi connectivity index (χ0n) is 8.48. The van der Waals surface area contributed by atoms with Gasteiger partial charge >= 0.3 is 0 Å². The van der Waals surface area contributed by atoms with Crippen molar-refractivity contribution in [3.05, 3.63) is 0 Å². The summed E-state index contributed by atoms with van der Waals surface area (Å²) in [5.74, 6) is 0.725. The van der Waals surface area contributed by atoms with Gasteiger partial charge in [-0.25, -0.2) is 0 Å². The number of ether oxygens (including phenoxy) is 1. The van der Waals surface area contributed by atoms with Crippen LogP contribution in [0.4, 0.5) is 0 Å². The lowest BCUT2D eigenvalue weighted by atomic mass is 10.0. The van der Waals surface area contributed by atoms with E-state index in [4.69, 9.17) is 9.94 Å². The molecule has 0 amide bonds. The average molecular weight is 198 g/mol. The zero-order chi connectivity index (χ0) is 9.80. The van der Waals surface area contributed by atoms with Gasteiger partial charge in [-0.2, -0.15) is 0 Å². The van der Waals surface area contributed by atoms with Gasteiger partial charge in [0.2, 0.25) is 0 Å². The van der Waals surface area contributed by atoms with E-state index >= 15 is 0 Å². The zero-order valence-corrected chi connectivity index (χ0v) is 8.48. The van der Waals surface area contributed by atoms with E-state index in [1.807, 2.05) is 0 Å². The largest absolute Gasteiger partial charge is 0.411 e. The van der Waals surface area contributed by atoms with Crippen molar-refractivity contribution in [2.24, 2.45) is 11.1 Å². The second kappa shape index (κ2) is 4.75. The molecule has 0 saturated carbocycles. The third-order valence-corrected chi connectivity index (χ3v) is 3.12. The fraction of sp³-hybridized carbons (Fsp3) is 0.900. The van der Waals surface area contributed by atoms with Crippen LogP contribution in [-0.4, -0.2) is 48.7 Å². The van der Waals surface area contributed by atoms with Crippen molar-refractivity contribution in [2.75, 3.05) is 32.8 Å². The van der Waals surface area contributed by atoms with E-state index < -0.39 is 0 Å². The molecule has 0 bridgehead atoms. The lowest BCUT2D eigenvalue weighted by Crippen LogP contribution is -2.37. The SMILES string of the molecule is ON=C1CCN(CC2CCOC2)CC1. The Morgan fingerprint density at radius 3 is 2.79 bits per heavy atom. The molecule has 1 atom stereocenters. The van der Waals surface area contributed by atoms with Crippen LogP contribution in [0.3, 0.4) is 0 Å². The molecule has 14 heavy (non-hydrogen) atoms. The van der Waals surface area contributed by atoms with Crippen LogP contribution >= 0.6 is 0 Å². The maximum atomic E-state index is 8.61. The van der Waals surface area contributed by atoms with Gasteiger partial charge in [-0.05, 0) is 12.3 Å². The Morgan fingerprint density at radius 1 is 1.43 bits per heavy atom. The molecule has 0 aromatic rings. The number of oxime groups is 1. The van der Waals surface area contributed by atoms with E-state index in [-0.39, 0.29) is 0 Å². The number of hydrogen-bond acceptors (Lipinski definition) is 4. The van der Waals surface area contributed by atoms with Gasteiger partial charge in [0.05, 0.1) is 12.3 Å². The summed E-state index contributed by atoms with van der Waals surface area (Å²) in [6, 6.07) is 0. The molecule has 2 rings (SSSR count). The highest BCUT2D eigenvalue weighted by molar-refractivity contribution is 5.84. The van der Waals surface area contributed by atoms with Gasteiger partial charge in [-0.3, -0.25) is 0 Å². The summed E-state index contributed by atoms with van der Waals surface area (Å²) in [5.41, 5.74) is 0.948. The van der Waals surface area contributed by atoms with Gasteiger partial charge < -0.3 is 14.8 Å². The summed E-state index contributed by atoms with van der Waals surface area (Å²) in [4.78, 5) is 2.45. The summed E-state index contributed by atoms with van der Waals surface area (Å²) >= 11 is 0. The molecule has 0 aliphatic carbocycles. The number of hydrogen-bond donors (Lipinski definition) is 1. The Morgan fingerprint density at radius 2 is 2.21 bits per heavy atom. The summed E-state index contributed by atoms with van der Waals surface area (Å²) in [5, 5.41) is 11.9. The van der Waals surface area contributed by atoms with Crippen LogP contribution < -0.4 is 0 Å². The number of piperidine rings is 1. The van der Waals surface area contributed by atoms with Gasteiger partial charge in [0.1, 0.15) is 0 Å². The second-order valence-electron chi connectivity index (χ2n) is 4.20. The molecule has 2 fully saturated rings. The van der Waals surface area contributed by atoms with Crippen LogP contribution in [-0.2, 0) is 4.74 Å². The fourth-order valence-electron chi connectivity index (χ4n) is 2.19. The highest BCUT2D eigenvalue weighted by Crippen LogP contribution is 2.16. The van der Waals surface area contributed by atoms with Crippen LogP contribution in [0.25, 0.3) is 0 Å². The Kier molecular flexibility index (Phi) is 3.37. The molecule has 0 spiro atoms. The van der Waals surface area contributed by atoms with Crippen molar-refractivity contribution in [3.63, 3.8) is 0 Å². The van der Waals surface area contributed by atoms with E-state index in [0.717, 1.165) is 57.3 Å². The summed E-state index contributed by atoms with van der Waals surface area (Å²) < 4.78 is 5.35. The second-order valence-corrected chi connectivity index (χ2v) is 4.20. The summed E-state index contributed by atoms with van der Waals surface area (Å²) in [6.45, 7) is 5.09. The third-order valence-electron chi connectivity index (χ3n) is 3.12. The average Bonchev–Trinajstić information content (AvgIpc) is 2.72. The minimum atomic E-state index is 0.725. The van der Waals surface area contributed by atoms with E-state index in [9.17, 15) is 0 Å². The maximum absolute atomic E-state index is 8.61. The molecule has 2 aliphatic rings. The number of nitrogens with zero attached hydrogens (tertiary/aromatic N) is 2. The highest BCUT2D eigenvalue weighted by Gasteiger charge is 2.21. The molecule has 4 nitrogen and oxygen atoms in total. The predicted molar refractivity (Wildman–Crippen MR) is 53.8 cm³/mol. The van der Waals surface area contributed by atoms with E-state index in [0.29, 0.717) is 0 Å². The molecule has 0 aromatic heterocycles.